The van der Waals surface area contributed by atoms with Crippen LogP contribution in [0.15, 0.2) is 24.3 Å². The van der Waals surface area contributed by atoms with Gasteiger partial charge in [0.25, 0.3) is 0 Å². The van der Waals surface area contributed by atoms with Crippen LogP contribution in [0.3, 0.4) is 0 Å². The Bertz CT molecular complexity index is 372. The predicted molar refractivity (Wildman–Crippen MR) is 67.3 cm³/mol. The zero-order valence-corrected chi connectivity index (χ0v) is 11.1. The van der Waals surface area contributed by atoms with Gasteiger partial charge in [0.2, 0.25) is 0 Å². The summed E-state index contributed by atoms with van der Waals surface area (Å²) >= 11 is 0. The van der Waals surface area contributed by atoms with Crippen molar-refractivity contribution in [2.24, 2.45) is 0 Å². The smallest absolute Gasteiger partial charge is 0.308 e. The van der Waals surface area contributed by atoms with Crippen LogP contribution < -0.4 is 5.32 Å². The molecule has 1 unspecified atom stereocenters. The fraction of sp³-hybridized carbons (Fsp3) is 0.571. The predicted octanol–water partition coefficient (Wildman–Crippen LogP) is 4.60. The summed E-state index contributed by atoms with van der Waals surface area (Å²) in [6, 6.07) is 6.08. The van der Waals surface area contributed by atoms with E-state index < -0.39 is 12.6 Å². The van der Waals surface area contributed by atoms with Gasteiger partial charge in [0.05, 0.1) is 0 Å². The van der Waals surface area contributed by atoms with Gasteiger partial charge in [-0.05, 0) is 44.4 Å². The number of hydrogen-bond donors (Lipinski definition) is 1. The topological polar surface area (TPSA) is 12.0 Å². The molecule has 0 radical (unpaired) electrons. The molecule has 0 saturated heterocycles. The summed E-state index contributed by atoms with van der Waals surface area (Å²) in [4.78, 5) is 0. The molecule has 0 aliphatic rings. The molecule has 1 N–H and O–H groups in total. The molecule has 0 spiro atoms. The van der Waals surface area contributed by atoms with Gasteiger partial charge in [0.1, 0.15) is 5.82 Å². The van der Waals surface area contributed by atoms with Crippen LogP contribution in [0.1, 0.15) is 44.7 Å². The first kappa shape index (κ1) is 16.0. The fourth-order valence-electron chi connectivity index (χ4n) is 1.97. The number of rotatable bonds is 6. The molecule has 0 fully saturated rings. The highest BCUT2D eigenvalue weighted by atomic mass is 19.4. The zero-order chi connectivity index (χ0) is 14.5. The first-order chi connectivity index (χ1) is 8.78. The van der Waals surface area contributed by atoms with Gasteiger partial charge in [-0.2, -0.15) is 13.2 Å². The van der Waals surface area contributed by atoms with Gasteiger partial charge in [-0.15, -0.1) is 0 Å². The van der Waals surface area contributed by atoms with Crippen molar-refractivity contribution in [3.8, 4) is 0 Å². The van der Waals surface area contributed by atoms with Gasteiger partial charge in [-0.1, -0.05) is 12.1 Å². The van der Waals surface area contributed by atoms with Gasteiger partial charge < -0.3 is 5.32 Å². The summed E-state index contributed by atoms with van der Waals surface area (Å²) in [5.41, 5.74) is 0.920. The molecular formula is C14H19F4N. The molecule has 1 nitrogen and oxygen atoms in total. The average molecular weight is 277 g/mol. The van der Waals surface area contributed by atoms with Crippen LogP contribution in [0, 0.1) is 5.82 Å². The highest BCUT2D eigenvalue weighted by Gasteiger charge is 2.26. The Morgan fingerprint density at radius 3 is 2.21 bits per heavy atom. The summed E-state index contributed by atoms with van der Waals surface area (Å²) in [5, 5.41) is 3.21. The number of nitrogens with one attached hydrogen (secondary N) is 1. The molecule has 19 heavy (non-hydrogen) atoms. The van der Waals surface area contributed by atoms with E-state index in [1.165, 1.54) is 12.1 Å². The van der Waals surface area contributed by atoms with E-state index in [4.69, 9.17) is 0 Å². The van der Waals surface area contributed by atoms with E-state index in [1.807, 2.05) is 13.8 Å². The highest BCUT2D eigenvalue weighted by molar-refractivity contribution is 5.19. The maximum absolute atomic E-state index is 12.8. The highest BCUT2D eigenvalue weighted by Crippen LogP contribution is 2.23. The molecule has 108 valence electrons. The lowest BCUT2D eigenvalue weighted by atomic mass is 10.1. The third-order valence-electron chi connectivity index (χ3n) is 3.00. The van der Waals surface area contributed by atoms with Crippen molar-refractivity contribution >= 4 is 0 Å². The molecule has 2 atom stereocenters. The molecule has 5 heteroatoms. The van der Waals surface area contributed by atoms with Crippen LogP contribution in [0.4, 0.5) is 17.6 Å². The maximum Gasteiger partial charge on any atom is 0.389 e. The molecule has 0 aliphatic heterocycles. The average Bonchev–Trinajstić information content (AvgIpc) is 2.27. The van der Waals surface area contributed by atoms with Gasteiger partial charge in [-0.3, -0.25) is 0 Å². The van der Waals surface area contributed by atoms with E-state index in [0.717, 1.165) is 5.56 Å². The van der Waals surface area contributed by atoms with E-state index in [9.17, 15) is 17.6 Å². The van der Waals surface area contributed by atoms with Crippen LogP contribution in [0.5, 0.6) is 0 Å². The van der Waals surface area contributed by atoms with Crippen LogP contribution >= 0.6 is 0 Å². The Labute approximate surface area is 111 Å². The number of halogens is 4. The van der Waals surface area contributed by atoms with E-state index in [-0.39, 0.29) is 24.3 Å². The van der Waals surface area contributed by atoms with Gasteiger partial charge in [0, 0.05) is 18.5 Å². The minimum Gasteiger partial charge on any atom is -0.308 e. The van der Waals surface area contributed by atoms with Crippen molar-refractivity contribution < 1.29 is 17.6 Å². The molecule has 0 aliphatic carbocycles. The van der Waals surface area contributed by atoms with Crippen molar-refractivity contribution in [1.29, 1.82) is 0 Å². The van der Waals surface area contributed by atoms with Crippen molar-refractivity contribution in [3.63, 3.8) is 0 Å². The first-order valence-corrected chi connectivity index (χ1v) is 6.36. The van der Waals surface area contributed by atoms with Crippen LogP contribution in [-0.2, 0) is 0 Å². The largest absolute Gasteiger partial charge is 0.389 e. The Morgan fingerprint density at radius 1 is 1.11 bits per heavy atom. The summed E-state index contributed by atoms with van der Waals surface area (Å²) in [7, 11) is 0. The molecule has 1 rings (SSSR count). The van der Waals surface area contributed by atoms with E-state index in [2.05, 4.69) is 5.32 Å². The normalized spacial score (nSPS) is 15.3. The number of hydrogen-bond acceptors (Lipinski definition) is 1. The van der Waals surface area contributed by atoms with Crippen molar-refractivity contribution in [2.45, 2.75) is 51.4 Å². The minimum absolute atomic E-state index is 0.0117. The second-order valence-electron chi connectivity index (χ2n) is 4.85. The molecule has 0 saturated carbocycles. The summed E-state index contributed by atoms with van der Waals surface area (Å²) in [6.07, 6.45) is -4.24. The Kier molecular flexibility index (Phi) is 5.79. The molecule has 1 aromatic carbocycles. The molecule has 0 aromatic heterocycles. The first-order valence-electron chi connectivity index (χ1n) is 6.36. The van der Waals surface area contributed by atoms with Gasteiger partial charge in [-0.25, -0.2) is 4.39 Å². The SMILES string of the molecule is CC(CCCC(F)(F)F)N[C@@H](C)c1ccc(F)cc1. The number of benzene rings is 1. The molecule has 0 amide bonds. The third kappa shape index (κ3) is 6.57. The van der Waals surface area contributed by atoms with Crippen molar-refractivity contribution in [3.05, 3.63) is 35.6 Å². The van der Waals surface area contributed by atoms with E-state index >= 15 is 0 Å². The second kappa shape index (κ2) is 6.89. The molecule has 0 bridgehead atoms. The van der Waals surface area contributed by atoms with E-state index in [0.29, 0.717) is 6.42 Å². The lowest BCUT2D eigenvalue weighted by Gasteiger charge is -2.20. The number of alkyl halides is 3. The molecule has 1 aromatic rings. The summed E-state index contributed by atoms with van der Waals surface area (Å²) < 4.78 is 48.8. The van der Waals surface area contributed by atoms with Gasteiger partial charge in [0.15, 0.2) is 0 Å². The quantitative estimate of drug-likeness (QED) is 0.749. The fourth-order valence-corrected chi connectivity index (χ4v) is 1.97. The van der Waals surface area contributed by atoms with E-state index in [1.54, 1.807) is 12.1 Å². The van der Waals surface area contributed by atoms with Crippen LogP contribution in [0.2, 0.25) is 0 Å². The lowest BCUT2D eigenvalue weighted by molar-refractivity contribution is -0.135. The summed E-state index contributed by atoms with van der Waals surface area (Å²) in [5.74, 6) is -0.297. The van der Waals surface area contributed by atoms with Crippen molar-refractivity contribution in [2.75, 3.05) is 0 Å². The standard InChI is InChI=1S/C14H19F4N/c1-10(4-3-9-14(16,17)18)19-11(2)12-5-7-13(15)8-6-12/h5-8,10-11,19H,3-4,9H2,1-2H3/t10?,11-/m0/s1. The Balaban J connectivity index is 2.35. The Morgan fingerprint density at radius 2 is 1.68 bits per heavy atom. The van der Waals surface area contributed by atoms with Crippen molar-refractivity contribution in [1.82, 2.24) is 5.32 Å². The van der Waals surface area contributed by atoms with Gasteiger partial charge >= 0.3 is 6.18 Å². The molecular weight excluding hydrogens is 258 g/mol. The minimum atomic E-state index is -4.08. The Hall–Kier alpha value is -1.10. The van der Waals surface area contributed by atoms with Crippen LogP contribution in [-0.4, -0.2) is 12.2 Å². The monoisotopic (exact) mass is 277 g/mol. The lowest BCUT2D eigenvalue weighted by Crippen LogP contribution is -2.29. The molecule has 0 heterocycles. The second-order valence-corrected chi connectivity index (χ2v) is 4.85. The third-order valence-corrected chi connectivity index (χ3v) is 3.00. The van der Waals surface area contributed by atoms with Crippen LogP contribution in [0.25, 0.3) is 0 Å². The summed E-state index contributed by atoms with van der Waals surface area (Å²) in [6.45, 7) is 3.77. The maximum atomic E-state index is 12.8. The zero-order valence-electron chi connectivity index (χ0n) is 11.1.